The van der Waals surface area contributed by atoms with Crippen molar-refractivity contribution in [3.63, 3.8) is 0 Å². The zero-order valence-electron chi connectivity index (χ0n) is 21.0. The van der Waals surface area contributed by atoms with Crippen molar-refractivity contribution in [1.29, 1.82) is 0 Å². The van der Waals surface area contributed by atoms with Gasteiger partial charge in [-0.25, -0.2) is 14.8 Å². The van der Waals surface area contributed by atoms with Gasteiger partial charge in [-0.05, 0) is 57.8 Å². The average molecular weight is 480 g/mol. The Bertz CT molecular complexity index is 1060. The SMILES string of the molecule is COC1=CCC(NC(=O)N2CCN(Cc3nc(NCCCN(C)C)c4ccccc4n3)CC2)C=C1. The molecule has 1 aliphatic heterocycles. The molecule has 1 aromatic heterocycles. The van der Waals surface area contributed by atoms with Crippen LogP contribution in [0.1, 0.15) is 18.7 Å². The van der Waals surface area contributed by atoms with Crippen LogP contribution in [0.4, 0.5) is 10.6 Å². The molecule has 2 N–H and O–H groups in total. The van der Waals surface area contributed by atoms with Gasteiger partial charge >= 0.3 is 6.03 Å². The highest BCUT2D eigenvalue weighted by Gasteiger charge is 2.23. The van der Waals surface area contributed by atoms with Gasteiger partial charge in [-0.15, -0.1) is 0 Å². The molecular formula is C26H37N7O2. The minimum Gasteiger partial charge on any atom is -0.497 e. The first-order valence-corrected chi connectivity index (χ1v) is 12.4. The molecule has 0 spiro atoms. The monoisotopic (exact) mass is 479 g/mol. The number of anilines is 1. The Hall–Kier alpha value is -3.17. The van der Waals surface area contributed by atoms with Crippen LogP contribution >= 0.6 is 0 Å². The molecule has 2 amide bonds. The second-order valence-electron chi connectivity index (χ2n) is 9.31. The van der Waals surface area contributed by atoms with Gasteiger partial charge < -0.3 is 25.2 Å². The predicted octanol–water partition coefficient (Wildman–Crippen LogP) is 2.68. The van der Waals surface area contributed by atoms with Gasteiger partial charge in [-0.2, -0.15) is 0 Å². The maximum atomic E-state index is 12.7. The molecule has 1 aliphatic carbocycles. The highest BCUT2D eigenvalue weighted by atomic mass is 16.5. The van der Waals surface area contributed by atoms with E-state index in [0.29, 0.717) is 19.6 Å². The van der Waals surface area contributed by atoms with E-state index in [1.807, 2.05) is 41.3 Å². The fourth-order valence-corrected chi connectivity index (χ4v) is 4.35. The third kappa shape index (κ3) is 6.93. The minimum absolute atomic E-state index is 0.00840. The molecular weight excluding hydrogens is 442 g/mol. The molecule has 2 aliphatic rings. The van der Waals surface area contributed by atoms with Gasteiger partial charge in [0.25, 0.3) is 0 Å². The Balaban J connectivity index is 1.31. The van der Waals surface area contributed by atoms with E-state index >= 15 is 0 Å². The topological polar surface area (TPSA) is 85.9 Å². The van der Waals surface area contributed by atoms with E-state index in [4.69, 9.17) is 14.7 Å². The molecule has 0 radical (unpaired) electrons. The van der Waals surface area contributed by atoms with Crippen LogP contribution in [-0.4, -0.2) is 97.2 Å². The zero-order chi connectivity index (χ0) is 24.6. The number of allylic oxidation sites excluding steroid dienone is 1. The van der Waals surface area contributed by atoms with Crippen LogP contribution in [0.2, 0.25) is 0 Å². The van der Waals surface area contributed by atoms with E-state index in [0.717, 1.165) is 67.3 Å². The smallest absolute Gasteiger partial charge is 0.317 e. The third-order valence-electron chi connectivity index (χ3n) is 6.36. The minimum atomic E-state index is -0.0141. The van der Waals surface area contributed by atoms with Crippen molar-refractivity contribution in [2.75, 3.05) is 65.8 Å². The van der Waals surface area contributed by atoms with Gasteiger partial charge in [0.2, 0.25) is 0 Å². The van der Waals surface area contributed by atoms with Crippen LogP contribution in [0.15, 0.2) is 48.3 Å². The molecule has 1 fully saturated rings. The van der Waals surface area contributed by atoms with E-state index in [1.165, 1.54) is 0 Å². The Morgan fingerprint density at radius 2 is 1.97 bits per heavy atom. The van der Waals surface area contributed by atoms with Crippen molar-refractivity contribution in [2.45, 2.75) is 25.4 Å². The first-order valence-electron chi connectivity index (χ1n) is 12.4. The maximum Gasteiger partial charge on any atom is 0.317 e. The van der Waals surface area contributed by atoms with Gasteiger partial charge in [-0.1, -0.05) is 18.2 Å². The number of benzene rings is 1. The van der Waals surface area contributed by atoms with Gasteiger partial charge in [0.1, 0.15) is 17.4 Å². The Kier molecular flexibility index (Phi) is 8.54. The number of ether oxygens (including phenoxy) is 1. The molecule has 9 heteroatoms. The molecule has 1 aromatic carbocycles. The number of methoxy groups -OCH3 is 1. The quantitative estimate of drug-likeness (QED) is 0.535. The number of hydrogen-bond donors (Lipinski definition) is 2. The summed E-state index contributed by atoms with van der Waals surface area (Å²) < 4.78 is 5.22. The molecule has 2 aromatic rings. The van der Waals surface area contributed by atoms with Crippen molar-refractivity contribution in [1.82, 2.24) is 30.0 Å². The number of carbonyl (C=O) groups is 1. The number of nitrogens with one attached hydrogen (secondary N) is 2. The first-order chi connectivity index (χ1) is 17.0. The zero-order valence-corrected chi connectivity index (χ0v) is 21.0. The Morgan fingerprint density at radius 3 is 2.69 bits per heavy atom. The van der Waals surface area contributed by atoms with Crippen LogP contribution in [0.25, 0.3) is 10.9 Å². The van der Waals surface area contributed by atoms with Crippen molar-refractivity contribution in [3.8, 4) is 0 Å². The fourth-order valence-electron chi connectivity index (χ4n) is 4.35. The van der Waals surface area contributed by atoms with E-state index in [2.05, 4.69) is 40.6 Å². The highest BCUT2D eigenvalue weighted by molar-refractivity contribution is 5.88. The predicted molar refractivity (Wildman–Crippen MR) is 139 cm³/mol. The molecule has 1 atom stereocenters. The summed E-state index contributed by atoms with van der Waals surface area (Å²) in [5, 5.41) is 7.66. The number of nitrogens with zero attached hydrogens (tertiary/aromatic N) is 5. The van der Waals surface area contributed by atoms with Crippen molar-refractivity contribution >= 4 is 22.8 Å². The van der Waals surface area contributed by atoms with E-state index in [-0.39, 0.29) is 12.1 Å². The fraction of sp³-hybridized carbons (Fsp3) is 0.500. The molecule has 0 saturated carbocycles. The number of aromatic nitrogens is 2. The second kappa shape index (κ2) is 12.0. The third-order valence-corrected chi connectivity index (χ3v) is 6.36. The van der Waals surface area contributed by atoms with E-state index in [9.17, 15) is 4.79 Å². The molecule has 9 nitrogen and oxygen atoms in total. The summed E-state index contributed by atoms with van der Waals surface area (Å²) in [5.74, 6) is 2.55. The number of fused-ring (bicyclic) bond motifs is 1. The molecule has 35 heavy (non-hydrogen) atoms. The van der Waals surface area contributed by atoms with Gasteiger partial charge in [-0.3, -0.25) is 4.90 Å². The lowest BCUT2D eigenvalue weighted by atomic mass is 10.1. The normalized spacial score (nSPS) is 18.6. The number of rotatable bonds is 9. The van der Waals surface area contributed by atoms with Crippen molar-refractivity contribution < 1.29 is 9.53 Å². The number of piperazine rings is 1. The summed E-state index contributed by atoms with van der Waals surface area (Å²) in [6, 6.07) is 8.14. The summed E-state index contributed by atoms with van der Waals surface area (Å²) in [5.41, 5.74) is 0.955. The molecule has 1 saturated heterocycles. The molecule has 4 rings (SSSR count). The standard InChI is InChI=1S/C26H37N7O2/c1-31(2)14-6-13-27-25-22-7-4-5-8-23(22)29-24(30-25)19-32-15-17-33(18-16-32)26(34)28-20-9-11-21(35-3)12-10-20/h4-5,7-9,11-12,20H,6,10,13-19H2,1-3H3,(H,28,34)(H,27,29,30). The van der Waals surface area contributed by atoms with E-state index in [1.54, 1.807) is 7.11 Å². The van der Waals surface area contributed by atoms with Crippen molar-refractivity contribution in [3.05, 3.63) is 54.1 Å². The second-order valence-corrected chi connectivity index (χ2v) is 9.31. The average Bonchev–Trinajstić information content (AvgIpc) is 2.87. The highest BCUT2D eigenvalue weighted by Crippen LogP contribution is 2.21. The van der Waals surface area contributed by atoms with Crippen LogP contribution in [0.3, 0.4) is 0 Å². The summed E-state index contributed by atoms with van der Waals surface area (Å²) in [6.07, 6.45) is 7.68. The molecule has 1 unspecified atom stereocenters. The first kappa shape index (κ1) is 24.9. The summed E-state index contributed by atoms with van der Waals surface area (Å²) in [4.78, 5) is 28.8. The number of hydrogen-bond acceptors (Lipinski definition) is 7. The summed E-state index contributed by atoms with van der Waals surface area (Å²) >= 11 is 0. The Morgan fingerprint density at radius 1 is 1.17 bits per heavy atom. The van der Waals surface area contributed by atoms with E-state index < -0.39 is 0 Å². The number of para-hydroxylation sites is 1. The lowest BCUT2D eigenvalue weighted by Gasteiger charge is -2.35. The van der Waals surface area contributed by atoms with Crippen molar-refractivity contribution in [2.24, 2.45) is 0 Å². The van der Waals surface area contributed by atoms with Crippen LogP contribution < -0.4 is 10.6 Å². The summed E-state index contributed by atoms with van der Waals surface area (Å²) in [7, 11) is 5.83. The lowest BCUT2D eigenvalue weighted by Crippen LogP contribution is -2.53. The lowest BCUT2D eigenvalue weighted by molar-refractivity contribution is 0.132. The summed E-state index contributed by atoms with van der Waals surface area (Å²) in [6.45, 7) is 5.53. The van der Waals surface area contributed by atoms with Gasteiger partial charge in [0, 0.05) is 38.1 Å². The Labute approximate surface area is 207 Å². The molecule has 2 heterocycles. The van der Waals surface area contributed by atoms with Gasteiger partial charge in [0.15, 0.2) is 0 Å². The van der Waals surface area contributed by atoms with Crippen LogP contribution in [0, 0.1) is 0 Å². The van der Waals surface area contributed by atoms with Crippen LogP contribution in [0.5, 0.6) is 0 Å². The number of carbonyl (C=O) groups excluding carboxylic acids is 1. The number of amides is 2. The molecule has 0 bridgehead atoms. The van der Waals surface area contributed by atoms with Gasteiger partial charge in [0.05, 0.1) is 25.2 Å². The largest absolute Gasteiger partial charge is 0.497 e. The number of urea groups is 1. The maximum absolute atomic E-state index is 12.7. The molecule has 188 valence electrons. The van der Waals surface area contributed by atoms with Crippen LogP contribution in [-0.2, 0) is 11.3 Å².